The van der Waals surface area contributed by atoms with E-state index >= 15 is 0 Å². The van der Waals surface area contributed by atoms with Crippen molar-refractivity contribution < 1.29 is 9.90 Å². The van der Waals surface area contributed by atoms with Crippen molar-refractivity contribution in [1.29, 1.82) is 0 Å². The van der Waals surface area contributed by atoms with Crippen LogP contribution < -0.4 is 5.32 Å². The SMILES string of the molecule is Cc1ccccc1CC(C)NC(=O)CN1CCCC1CCCO. The van der Waals surface area contributed by atoms with Crippen molar-refractivity contribution in [2.75, 3.05) is 19.7 Å². The van der Waals surface area contributed by atoms with Crippen LogP contribution in [0.15, 0.2) is 24.3 Å². The van der Waals surface area contributed by atoms with Gasteiger partial charge in [-0.3, -0.25) is 9.69 Å². The zero-order chi connectivity index (χ0) is 16.7. The Morgan fingerprint density at radius 3 is 2.96 bits per heavy atom. The Balaban J connectivity index is 1.78. The summed E-state index contributed by atoms with van der Waals surface area (Å²) in [6, 6.07) is 8.93. The van der Waals surface area contributed by atoms with Gasteiger partial charge in [0, 0.05) is 18.7 Å². The number of rotatable bonds is 8. The molecule has 1 aromatic rings. The average molecular weight is 318 g/mol. The van der Waals surface area contributed by atoms with Gasteiger partial charge in [-0.1, -0.05) is 24.3 Å². The highest BCUT2D eigenvalue weighted by molar-refractivity contribution is 5.78. The second-order valence-electron chi connectivity index (χ2n) is 6.73. The van der Waals surface area contributed by atoms with E-state index in [9.17, 15) is 4.79 Å². The van der Waals surface area contributed by atoms with E-state index in [0.717, 1.165) is 38.6 Å². The number of likely N-dealkylation sites (tertiary alicyclic amines) is 1. The van der Waals surface area contributed by atoms with Crippen molar-refractivity contribution in [1.82, 2.24) is 10.2 Å². The molecule has 0 spiro atoms. The molecule has 1 saturated heterocycles. The minimum absolute atomic E-state index is 0.113. The summed E-state index contributed by atoms with van der Waals surface area (Å²) >= 11 is 0. The fourth-order valence-electron chi connectivity index (χ4n) is 3.48. The van der Waals surface area contributed by atoms with E-state index in [1.165, 1.54) is 11.1 Å². The van der Waals surface area contributed by atoms with Crippen LogP contribution >= 0.6 is 0 Å². The van der Waals surface area contributed by atoms with E-state index in [1.807, 2.05) is 12.1 Å². The summed E-state index contributed by atoms with van der Waals surface area (Å²) in [5.41, 5.74) is 2.57. The van der Waals surface area contributed by atoms with Crippen molar-refractivity contribution in [3.63, 3.8) is 0 Å². The average Bonchev–Trinajstić information content (AvgIpc) is 2.94. The maximum Gasteiger partial charge on any atom is 0.234 e. The molecule has 0 aliphatic carbocycles. The normalized spacial score (nSPS) is 19.7. The Labute approximate surface area is 139 Å². The number of hydrogen-bond acceptors (Lipinski definition) is 3. The zero-order valence-electron chi connectivity index (χ0n) is 14.4. The van der Waals surface area contributed by atoms with E-state index in [4.69, 9.17) is 5.11 Å². The smallest absolute Gasteiger partial charge is 0.234 e. The first-order valence-electron chi connectivity index (χ1n) is 8.79. The molecule has 2 N–H and O–H groups in total. The molecule has 0 aromatic heterocycles. The Bertz CT molecular complexity index is 504. The maximum absolute atomic E-state index is 12.3. The van der Waals surface area contributed by atoms with Crippen LogP contribution in [0.5, 0.6) is 0 Å². The summed E-state index contributed by atoms with van der Waals surface area (Å²) in [4.78, 5) is 14.6. The fourth-order valence-corrected chi connectivity index (χ4v) is 3.48. The van der Waals surface area contributed by atoms with Gasteiger partial charge in [0.25, 0.3) is 0 Å². The number of benzene rings is 1. The van der Waals surface area contributed by atoms with Crippen molar-refractivity contribution in [2.45, 2.75) is 58.0 Å². The Hall–Kier alpha value is -1.39. The van der Waals surface area contributed by atoms with Crippen molar-refractivity contribution in [3.8, 4) is 0 Å². The topological polar surface area (TPSA) is 52.6 Å². The highest BCUT2D eigenvalue weighted by atomic mass is 16.3. The molecule has 2 rings (SSSR count). The first-order chi connectivity index (χ1) is 11.1. The van der Waals surface area contributed by atoms with Gasteiger partial charge in [-0.2, -0.15) is 0 Å². The summed E-state index contributed by atoms with van der Waals surface area (Å²) < 4.78 is 0. The molecule has 128 valence electrons. The molecular weight excluding hydrogens is 288 g/mol. The molecule has 2 atom stereocenters. The number of nitrogens with one attached hydrogen (secondary N) is 1. The number of aliphatic hydroxyl groups is 1. The van der Waals surface area contributed by atoms with Crippen molar-refractivity contribution in [2.24, 2.45) is 0 Å². The highest BCUT2D eigenvalue weighted by Crippen LogP contribution is 2.20. The first-order valence-corrected chi connectivity index (χ1v) is 8.79. The van der Waals surface area contributed by atoms with Crippen LogP contribution in [0.25, 0.3) is 0 Å². The van der Waals surface area contributed by atoms with Gasteiger partial charge in [0.05, 0.1) is 6.54 Å². The molecule has 1 aliphatic rings. The second kappa shape index (κ2) is 9.04. The third-order valence-electron chi connectivity index (χ3n) is 4.74. The molecule has 1 heterocycles. The van der Waals surface area contributed by atoms with E-state index in [0.29, 0.717) is 12.6 Å². The van der Waals surface area contributed by atoms with Crippen molar-refractivity contribution in [3.05, 3.63) is 35.4 Å². The van der Waals surface area contributed by atoms with Gasteiger partial charge in [0.2, 0.25) is 5.91 Å². The second-order valence-corrected chi connectivity index (χ2v) is 6.73. The van der Waals surface area contributed by atoms with Crippen LogP contribution in [0.4, 0.5) is 0 Å². The molecule has 0 radical (unpaired) electrons. The van der Waals surface area contributed by atoms with Gasteiger partial charge < -0.3 is 10.4 Å². The molecule has 2 unspecified atom stereocenters. The predicted molar refractivity (Wildman–Crippen MR) is 93.4 cm³/mol. The fraction of sp³-hybridized carbons (Fsp3) is 0.632. The quantitative estimate of drug-likeness (QED) is 0.773. The van der Waals surface area contributed by atoms with Crippen LogP contribution in [0.1, 0.15) is 43.7 Å². The van der Waals surface area contributed by atoms with Gasteiger partial charge in [-0.05, 0) is 63.6 Å². The van der Waals surface area contributed by atoms with E-state index < -0.39 is 0 Å². The lowest BCUT2D eigenvalue weighted by atomic mass is 10.0. The number of hydrogen-bond donors (Lipinski definition) is 2. The molecule has 4 heteroatoms. The highest BCUT2D eigenvalue weighted by Gasteiger charge is 2.25. The molecule has 1 aromatic carbocycles. The van der Waals surface area contributed by atoms with Gasteiger partial charge in [-0.15, -0.1) is 0 Å². The molecule has 1 aliphatic heterocycles. The molecule has 1 fully saturated rings. The number of aliphatic hydroxyl groups excluding tert-OH is 1. The summed E-state index contributed by atoms with van der Waals surface area (Å²) in [6.45, 7) is 5.89. The molecular formula is C19H30N2O2. The lowest BCUT2D eigenvalue weighted by Gasteiger charge is -2.24. The summed E-state index contributed by atoms with van der Waals surface area (Å²) in [5, 5.41) is 12.1. The number of aryl methyl sites for hydroxylation is 1. The predicted octanol–water partition coefficient (Wildman–Crippen LogP) is 2.28. The molecule has 1 amide bonds. The summed E-state index contributed by atoms with van der Waals surface area (Å²) in [7, 11) is 0. The molecule has 4 nitrogen and oxygen atoms in total. The van der Waals surface area contributed by atoms with E-state index in [2.05, 4.69) is 36.2 Å². The Morgan fingerprint density at radius 2 is 2.22 bits per heavy atom. The third kappa shape index (κ3) is 5.63. The number of carbonyl (C=O) groups excluding carboxylic acids is 1. The summed E-state index contributed by atoms with van der Waals surface area (Å²) in [6.07, 6.45) is 4.98. The zero-order valence-corrected chi connectivity index (χ0v) is 14.4. The van der Waals surface area contributed by atoms with Crippen LogP contribution in [0.3, 0.4) is 0 Å². The molecule has 23 heavy (non-hydrogen) atoms. The van der Waals surface area contributed by atoms with Gasteiger partial charge >= 0.3 is 0 Å². The molecule has 0 bridgehead atoms. The Morgan fingerprint density at radius 1 is 1.43 bits per heavy atom. The minimum atomic E-state index is 0.113. The van der Waals surface area contributed by atoms with E-state index in [-0.39, 0.29) is 18.6 Å². The maximum atomic E-state index is 12.3. The van der Waals surface area contributed by atoms with Crippen LogP contribution in [-0.4, -0.2) is 47.7 Å². The third-order valence-corrected chi connectivity index (χ3v) is 4.74. The summed E-state index contributed by atoms with van der Waals surface area (Å²) in [5.74, 6) is 0.113. The largest absolute Gasteiger partial charge is 0.396 e. The lowest BCUT2D eigenvalue weighted by Crippen LogP contribution is -2.43. The van der Waals surface area contributed by atoms with Gasteiger partial charge in [-0.25, -0.2) is 0 Å². The van der Waals surface area contributed by atoms with Gasteiger partial charge in [0.1, 0.15) is 0 Å². The van der Waals surface area contributed by atoms with E-state index in [1.54, 1.807) is 0 Å². The number of carbonyl (C=O) groups is 1. The van der Waals surface area contributed by atoms with Gasteiger partial charge in [0.15, 0.2) is 0 Å². The first kappa shape index (κ1) is 18.0. The van der Waals surface area contributed by atoms with Crippen LogP contribution in [-0.2, 0) is 11.2 Å². The standard InChI is InChI=1S/C19H30N2O2/c1-15-7-3-4-8-17(15)13-16(2)20-19(23)14-21-11-5-9-18(21)10-6-12-22/h3-4,7-8,16,18,22H,5-6,9-14H2,1-2H3,(H,20,23). The number of nitrogens with zero attached hydrogens (tertiary/aromatic N) is 1. The Kier molecular flexibility index (Phi) is 7.06. The van der Waals surface area contributed by atoms with Crippen molar-refractivity contribution >= 4 is 5.91 Å². The van der Waals surface area contributed by atoms with Crippen LogP contribution in [0.2, 0.25) is 0 Å². The number of amides is 1. The molecule has 0 saturated carbocycles. The monoisotopic (exact) mass is 318 g/mol. The minimum Gasteiger partial charge on any atom is -0.396 e. The lowest BCUT2D eigenvalue weighted by molar-refractivity contribution is -0.123. The van der Waals surface area contributed by atoms with Crippen LogP contribution in [0, 0.1) is 6.92 Å².